The van der Waals surface area contributed by atoms with Gasteiger partial charge in [-0.05, 0) is 31.1 Å². The van der Waals surface area contributed by atoms with E-state index in [4.69, 9.17) is 4.74 Å². The van der Waals surface area contributed by atoms with Crippen molar-refractivity contribution in [1.29, 1.82) is 0 Å². The van der Waals surface area contributed by atoms with Gasteiger partial charge in [0, 0.05) is 5.57 Å². The van der Waals surface area contributed by atoms with Crippen LogP contribution in [-0.4, -0.2) is 12.6 Å². The van der Waals surface area contributed by atoms with E-state index in [0.29, 0.717) is 12.2 Å². The number of carbonyl (C=O) groups is 1. The molecule has 0 aliphatic rings. The third-order valence-corrected chi connectivity index (χ3v) is 4.83. The van der Waals surface area contributed by atoms with E-state index in [1.807, 2.05) is 0 Å². The number of hydrogen-bond donors (Lipinski definition) is 0. The summed E-state index contributed by atoms with van der Waals surface area (Å²) in [5.41, 5.74) is 0.487. The van der Waals surface area contributed by atoms with Crippen LogP contribution in [0.1, 0.15) is 86.0 Å². The maximum absolute atomic E-state index is 11.2. The first-order valence-corrected chi connectivity index (χ1v) is 9.18. The molecule has 22 heavy (non-hydrogen) atoms. The van der Waals surface area contributed by atoms with Crippen LogP contribution in [0.15, 0.2) is 12.2 Å². The summed E-state index contributed by atoms with van der Waals surface area (Å²) >= 11 is 0. The van der Waals surface area contributed by atoms with E-state index >= 15 is 0 Å². The Morgan fingerprint density at radius 2 is 1.41 bits per heavy atom. The van der Waals surface area contributed by atoms with Crippen LogP contribution in [-0.2, 0) is 9.53 Å². The van der Waals surface area contributed by atoms with Gasteiger partial charge < -0.3 is 4.74 Å². The highest BCUT2D eigenvalue weighted by Gasteiger charge is 2.14. The van der Waals surface area contributed by atoms with Gasteiger partial charge in [0.2, 0.25) is 0 Å². The van der Waals surface area contributed by atoms with Crippen molar-refractivity contribution in [3.63, 3.8) is 0 Å². The van der Waals surface area contributed by atoms with Crippen LogP contribution in [0.4, 0.5) is 0 Å². The third-order valence-electron chi connectivity index (χ3n) is 4.83. The highest BCUT2D eigenvalue weighted by atomic mass is 16.5. The Morgan fingerprint density at radius 3 is 1.91 bits per heavy atom. The van der Waals surface area contributed by atoms with Crippen LogP contribution in [0.3, 0.4) is 0 Å². The van der Waals surface area contributed by atoms with Crippen molar-refractivity contribution in [1.82, 2.24) is 0 Å². The molecule has 2 atom stereocenters. The Morgan fingerprint density at radius 1 is 0.909 bits per heavy atom. The van der Waals surface area contributed by atoms with Crippen LogP contribution in [0, 0.1) is 17.8 Å². The van der Waals surface area contributed by atoms with Gasteiger partial charge in [-0.25, -0.2) is 4.79 Å². The van der Waals surface area contributed by atoms with Crippen molar-refractivity contribution in [2.24, 2.45) is 17.8 Å². The molecule has 0 fully saturated rings. The van der Waals surface area contributed by atoms with Gasteiger partial charge in [0.05, 0.1) is 6.61 Å². The number of esters is 1. The number of ether oxygens (including phenoxy) is 1. The largest absolute Gasteiger partial charge is 0.462 e. The molecule has 0 amide bonds. The molecule has 0 aliphatic heterocycles. The molecular weight excluding hydrogens is 272 g/mol. The van der Waals surface area contributed by atoms with Crippen LogP contribution >= 0.6 is 0 Å². The van der Waals surface area contributed by atoms with Gasteiger partial charge in [-0.1, -0.05) is 79.2 Å². The highest BCUT2D eigenvalue weighted by molar-refractivity contribution is 5.86. The summed E-state index contributed by atoms with van der Waals surface area (Å²) in [6, 6.07) is 0. The fraction of sp³-hybridized carbons (Fsp3) is 0.850. The van der Waals surface area contributed by atoms with Gasteiger partial charge in [0.25, 0.3) is 0 Å². The van der Waals surface area contributed by atoms with Crippen molar-refractivity contribution in [3.8, 4) is 0 Å². The van der Waals surface area contributed by atoms with E-state index in [1.165, 1.54) is 38.5 Å². The predicted molar refractivity (Wildman–Crippen MR) is 95.9 cm³/mol. The van der Waals surface area contributed by atoms with Crippen LogP contribution in [0.5, 0.6) is 0 Å². The van der Waals surface area contributed by atoms with Crippen LogP contribution < -0.4 is 0 Å². The molecule has 0 aromatic heterocycles. The summed E-state index contributed by atoms with van der Waals surface area (Å²) in [5.74, 6) is 2.23. The molecule has 130 valence electrons. The molecule has 0 aromatic carbocycles. The zero-order valence-corrected chi connectivity index (χ0v) is 15.6. The number of carbonyl (C=O) groups excluding carboxylic acids is 1. The quantitative estimate of drug-likeness (QED) is 0.231. The second-order valence-corrected chi connectivity index (χ2v) is 7.26. The molecule has 0 N–H and O–H groups in total. The van der Waals surface area contributed by atoms with Gasteiger partial charge in [0.15, 0.2) is 0 Å². The summed E-state index contributed by atoms with van der Waals surface area (Å²) in [7, 11) is 0. The molecule has 0 saturated carbocycles. The summed E-state index contributed by atoms with van der Waals surface area (Å²) in [4.78, 5) is 11.2. The highest BCUT2D eigenvalue weighted by Crippen LogP contribution is 2.25. The minimum absolute atomic E-state index is 0.259. The lowest BCUT2D eigenvalue weighted by Crippen LogP contribution is -2.14. The lowest BCUT2D eigenvalue weighted by atomic mass is 9.83. The average molecular weight is 311 g/mol. The minimum Gasteiger partial charge on any atom is -0.462 e. The monoisotopic (exact) mass is 310 g/mol. The van der Waals surface area contributed by atoms with Gasteiger partial charge >= 0.3 is 5.97 Å². The molecule has 0 aliphatic carbocycles. The lowest BCUT2D eigenvalue weighted by Gasteiger charge is -2.23. The topological polar surface area (TPSA) is 26.3 Å². The second-order valence-electron chi connectivity index (χ2n) is 7.26. The smallest absolute Gasteiger partial charge is 0.333 e. The molecule has 0 radical (unpaired) electrons. The molecule has 0 rings (SSSR count). The third kappa shape index (κ3) is 10.9. The molecule has 0 spiro atoms. The first-order valence-electron chi connectivity index (χ1n) is 9.18. The van der Waals surface area contributed by atoms with Gasteiger partial charge in [0.1, 0.15) is 0 Å². The summed E-state index contributed by atoms with van der Waals surface area (Å²) in [6.07, 6.45) is 10.1. The minimum atomic E-state index is -0.259. The first kappa shape index (κ1) is 21.2. The lowest BCUT2D eigenvalue weighted by molar-refractivity contribution is -0.139. The van der Waals surface area contributed by atoms with E-state index in [1.54, 1.807) is 6.92 Å². The fourth-order valence-electron chi connectivity index (χ4n) is 2.66. The Kier molecular flexibility index (Phi) is 12.3. The van der Waals surface area contributed by atoms with E-state index in [0.717, 1.165) is 30.6 Å². The summed E-state index contributed by atoms with van der Waals surface area (Å²) in [5, 5.41) is 0. The van der Waals surface area contributed by atoms with Crippen molar-refractivity contribution < 1.29 is 9.53 Å². The Hall–Kier alpha value is -0.790. The zero-order chi connectivity index (χ0) is 17.0. The molecular formula is C20H38O2. The van der Waals surface area contributed by atoms with Crippen LogP contribution in [0.25, 0.3) is 0 Å². The molecule has 2 nitrogen and oxygen atoms in total. The van der Waals surface area contributed by atoms with Gasteiger partial charge in [-0.3, -0.25) is 0 Å². The van der Waals surface area contributed by atoms with Crippen molar-refractivity contribution >= 4 is 5.97 Å². The predicted octanol–water partition coefficient (Wildman–Crippen LogP) is 6.15. The van der Waals surface area contributed by atoms with E-state index in [-0.39, 0.29) is 5.97 Å². The van der Waals surface area contributed by atoms with Crippen molar-refractivity contribution in [2.45, 2.75) is 86.0 Å². The second kappa shape index (κ2) is 12.7. The molecule has 0 saturated heterocycles. The standard InChI is InChI=1S/C20H38O2/c1-16(2)19(6)18(5)14-12-10-8-7-9-11-13-15-22-20(21)17(3)4/h16,18-19H,3,7-15H2,1-2,4-6H3. The molecule has 0 heterocycles. The van der Waals surface area contributed by atoms with Gasteiger partial charge in [-0.2, -0.15) is 0 Å². The SMILES string of the molecule is C=C(C)C(=O)OCCCCCCCCCC(C)C(C)C(C)C. The fourth-order valence-corrected chi connectivity index (χ4v) is 2.66. The molecule has 0 bridgehead atoms. The molecule has 0 aromatic rings. The Labute approximate surface area is 138 Å². The number of unbranched alkanes of at least 4 members (excludes halogenated alkanes) is 6. The molecule has 2 heteroatoms. The van der Waals surface area contributed by atoms with Crippen molar-refractivity contribution in [2.75, 3.05) is 6.61 Å². The van der Waals surface area contributed by atoms with Gasteiger partial charge in [-0.15, -0.1) is 0 Å². The van der Waals surface area contributed by atoms with E-state index in [2.05, 4.69) is 34.3 Å². The zero-order valence-electron chi connectivity index (χ0n) is 15.6. The average Bonchev–Trinajstić information content (AvgIpc) is 2.47. The Bertz CT molecular complexity index is 307. The van der Waals surface area contributed by atoms with E-state index in [9.17, 15) is 4.79 Å². The first-order chi connectivity index (χ1) is 10.4. The molecule has 2 unspecified atom stereocenters. The number of hydrogen-bond acceptors (Lipinski definition) is 2. The number of rotatable bonds is 13. The maximum Gasteiger partial charge on any atom is 0.333 e. The van der Waals surface area contributed by atoms with E-state index < -0.39 is 0 Å². The summed E-state index contributed by atoms with van der Waals surface area (Å²) in [6.45, 7) is 15.2. The summed E-state index contributed by atoms with van der Waals surface area (Å²) < 4.78 is 5.08. The van der Waals surface area contributed by atoms with Crippen LogP contribution in [0.2, 0.25) is 0 Å². The normalized spacial score (nSPS) is 13.9. The van der Waals surface area contributed by atoms with Crippen molar-refractivity contribution in [3.05, 3.63) is 12.2 Å². The maximum atomic E-state index is 11.2. The Balaban J connectivity index is 3.34.